The fourth-order valence-electron chi connectivity index (χ4n) is 2.81. The highest BCUT2D eigenvalue weighted by Crippen LogP contribution is 2.28. The molecule has 3 rings (SSSR count). The molecule has 2 heterocycles. The predicted octanol–water partition coefficient (Wildman–Crippen LogP) is 2.78. The van der Waals surface area contributed by atoms with E-state index in [1.807, 2.05) is 20.0 Å². The van der Waals surface area contributed by atoms with Crippen molar-refractivity contribution in [2.24, 2.45) is 0 Å². The third kappa shape index (κ3) is 2.33. The van der Waals surface area contributed by atoms with Crippen molar-refractivity contribution in [3.8, 4) is 0 Å². The first-order chi connectivity index (χ1) is 9.67. The minimum absolute atomic E-state index is 0.448. The van der Waals surface area contributed by atoms with Crippen molar-refractivity contribution in [2.75, 3.05) is 17.3 Å². The van der Waals surface area contributed by atoms with Gasteiger partial charge in [0.05, 0.1) is 0 Å². The zero-order valence-electron chi connectivity index (χ0n) is 12.2. The van der Waals surface area contributed by atoms with Crippen LogP contribution in [0.4, 0.5) is 11.6 Å². The first-order valence-electron chi connectivity index (χ1n) is 7.04. The van der Waals surface area contributed by atoms with Crippen LogP contribution >= 0.6 is 0 Å². The maximum atomic E-state index is 4.60. The lowest BCUT2D eigenvalue weighted by Crippen LogP contribution is -2.39. The Bertz CT molecular complexity index is 624. The van der Waals surface area contributed by atoms with E-state index in [2.05, 4.69) is 51.4 Å². The molecule has 0 fully saturated rings. The molecule has 0 spiro atoms. The van der Waals surface area contributed by atoms with Gasteiger partial charge in [0, 0.05) is 25.7 Å². The highest BCUT2D eigenvalue weighted by atomic mass is 15.2. The first-order valence-corrected chi connectivity index (χ1v) is 7.04. The van der Waals surface area contributed by atoms with Crippen LogP contribution < -0.4 is 10.2 Å². The van der Waals surface area contributed by atoms with Gasteiger partial charge in [-0.1, -0.05) is 24.3 Å². The monoisotopic (exact) mass is 268 g/mol. The summed E-state index contributed by atoms with van der Waals surface area (Å²) >= 11 is 0. The second kappa shape index (κ2) is 5.12. The lowest BCUT2D eigenvalue weighted by Gasteiger charge is -2.36. The number of hydrogen-bond acceptors (Lipinski definition) is 4. The summed E-state index contributed by atoms with van der Waals surface area (Å²) in [6, 6.07) is 11.1. The number of hydrogen-bond donors (Lipinski definition) is 1. The number of rotatable bonds is 2. The molecular weight excluding hydrogens is 248 g/mol. The summed E-state index contributed by atoms with van der Waals surface area (Å²) in [5, 5.41) is 3.10. The molecular formula is C16H20N4. The molecule has 0 bridgehead atoms. The maximum absolute atomic E-state index is 4.60. The van der Waals surface area contributed by atoms with Crippen LogP contribution in [-0.4, -0.2) is 23.1 Å². The topological polar surface area (TPSA) is 41.0 Å². The number of benzene rings is 1. The average Bonchev–Trinajstić information content (AvgIpc) is 2.45. The Morgan fingerprint density at radius 1 is 1.20 bits per heavy atom. The van der Waals surface area contributed by atoms with Crippen LogP contribution in [0.3, 0.4) is 0 Å². The van der Waals surface area contributed by atoms with Gasteiger partial charge < -0.3 is 10.2 Å². The van der Waals surface area contributed by atoms with Crippen LogP contribution in [0.2, 0.25) is 0 Å². The van der Waals surface area contributed by atoms with Gasteiger partial charge in [0.2, 0.25) is 0 Å². The molecule has 4 heteroatoms. The van der Waals surface area contributed by atoms with E-state index in [1.165, 1.54) is 11.1 Å². The summed E-state index contributed by atoms with van der Waals surface area (Å²) in [4.78, 5) is 11.3. The van der Waals surface area contributed by atoms with Crippen LogP contribution in [0.5, 0.6) is 0 Å². The fraction of sp³-hybridized carbons (Fsp3) is 0.375. The molecule has 2 aromatic rings. The van der Waals surface area contributed by atoms with E-state index in [1.54, 1.807) is 0 Å². The standard InChI is InChI=1S/C16H20N4/c1-11-8-13-6-4-5-7-14(13)10-20(11)16-9-15(17-3)18-12(2)19-16/h4-7,9,11H,8,10H2,1-3H3,(H,17,18,19)/t11-/m0/s1. The molecule has 20 heavy (non-hydrogen) atoms. The molecule has 1 N–H and O–H groups in total. The molecule has 1 aliphatic heterocycles. The summed E-state index contributed by atoms with van der Waals surface area (Å²) in [6.07, 6.45) is 1.06. The van der Waals surface area contributed by atoms with E-state index in [4.69, 9.17) is 0 Å². The zero-order valence-corrected chi connectivity index (χ0v) is 12.2. The molecule has 0 amide bonds. The molecule has 1 aromatic carbocycles. The third-order valence-corrected chi connectivity index (χ3v) is 3.88. The summed E-state index contributed by atoms with van der Waals surface area (Å²) < 4.78 is 0. The molecule has 1 aliphatic rings. The van der Waals surface area contributed by atoms with Crippen molar-refractivity contribution in [3.05, 3.63) is 47.3 Å². The molecule has 0 aliphatic carbocycles. The Hall–Kier alpha value is -2.10. The molecule has 1 atom stereocenters. The zero-order chi connectivity index (χ0) is 14.1. The Balaban J connectivity index is 1.97. The lowest BCUT2D eigenvalue weighted by molar-refractivity contribution is 0.586. The maximum Gasteiger partial charge on any atom is 0.134 e. The lowest BCUT2D eigenvalue weighted by atomic mass is 9.95. The molecule has 1 aromatic heterocycles. The van der Waals surface area contributed by atoms with Crippen molar-refractivity contribution in [1.82, 2.24) is 9.97 Å². The number of nitrogens with zero attached hydrogens (tertiary/aromatic N) is 3. The minimum atomic E-state index is 0.448. The second-order valence-corrected chi connectivity index (χ2v) is 5.36. The van der Waals surface area contributed by atoms with Crippen LogP contribution in [0.1, 0.15) is 23.9 Å². The van der Waals surface area contributed by atoms with E-state index in [0.717, 1.165) is 30.4 Å². The highest BCUT2D eigenvalue weighted by Gasteiger charge is 2.24. The van der Waals surface area contributed by atoms with E-state index >= 15 is 0 Å². The van der Waals surface area contributed by atoms with E-state index < -0.39 is 0 Å². The molecule has 0 unspecified atom stereocenters. The van der Waals surface area contributed by atoms with Gasteiger partial charge in [-0.2, -0.15) is 0 Å². The average molecular weight is 268 g/mol. The van der Waals surface area contributed by atoms with Crippen molar-refractivity contribution in [2.45, 2.75) is 32.9 Å². The van der Waals surface area contributed by atoms with E-state index in [9.17, 15) is 0 Å². The van der Waals surface area contributed by atoms with Gasteiger partial charge in [0.15, 0.2) is 0 Å². The summed E-state index contributed by atoms with van der Waals surface area (Å²) in [5.74, 6) is 2.68. The van der Waals surface area contributed by atoms with Crippen molar-refractivity contribution in [3.63, 3.8) is 0 Å². The number of nitrogens with one attached hydrogen (secondary N) is 1. The van der Waals surface area contributed by atoms with Crippen LogP contribution in [0.25, 0.3) is 0 Å². The molecule has 0 saturated carbocycles. The number of fused-ring (bicyclic) bond motifs is 1. The van der Waals surface area contributed by atoms with Gasteiger partial charge in [-0.25, -0.2) is 9.97 Å². The van der Waals surface area contributed by atoms with E-state index in [-0.39, 0.29) is 0 Å². The van der Waals surface area contributed by atoms with Gasteiger partial charge in [0.1, 0.15) is 17.5 Å². The Morgan fingerprint density at radius 3 is 2.70 bits per heavy atom. The smallest absolute Gasteiger partial charge is 0.134 e. The molecule has 4 nitrogen and oxygen atoms in total. The third-order valence-electron chi connectivity index (χ3n) is 3.88. The minimum Gasteiger partial charge on any atom is -0.373 e. The molecule has 104 valence electrons. The predicted molar refractivity (Wildman–Crippen MR) is 82.1 cm³/mol. The number of aromatic nitrogens is 2. The second-order valence-electron chi connectivity index (χ2n) is 5.36. The van der Waals surface area contributed by atoms with Gasteiger partial charge >= 0.3 is 0 Å². The van der Waals surface area contributed by atoms with Gasteiger partial charge in [-0.15, -0.1) is 0 Å². The van der Waals surface area contributed by atoms with Crippen LogP contribution in [-0.2, 0) is 13.0 Å². The SMILES string of the molecule is CNc1cc(N2Cc3ccccc3C[C@@H]2C)nc(C)n1. The van der Waals surface area contributed by atoms with Crippen molar-refractivity contribution in [1.29, 1.82) is 0 Å². The Labute approximate surface area is 119 Å². The number of anilines is 2. The summed E-state index contributed by atoms with van der Waals surface area (Å²) in [6.45, 7) is 5.11. The Morgan fingerprint density at radius 2 is 1.95 bits per heavy atom. The van der Waals surface area contributed by atoms with Crippen molar-refractivity contribution < 1.29 is 0 Å². The highest BCUT2D eigenvalue weighted by molar-refractivity contribution is 5.52. The van der Waals surface area contributed by atoms with Crippen molar-refractivity contribution >= 4 is 11.6 Å². The van der Waals surface area contributed by atoms with Gasteiger partial charge in [-0.3, -0.25) is 0 Å². The summed E-state index contributed by atoms with van der Waals surface area (Å²) in [5.41, 5.74) is 2.85. The van der Waals surface area contributed by atoms with E-state index in [0.29, 0.717) is 6.04 Å². The fourth-order valence-corrected chi connectivity index (χ4v) is 2.81. The normalized spacial score (nSPS) is 17.8. The van der Waals surface area contributed by atoms with Gasteiger partial charge in [0.25, 0.3) is 0 Å². The Kier molecular flexibility index (Phi) is 3.30. The van der Waals surface area contributed by atoms with Crippen LogP contribution in [0.15, 0.2) is 30.3 Å². The largest absolute Gasteiger partial charge is 0.373 e. The quantitative estimate of drug-likeness (QED) is 0.909. The molecule has 0 radical (unpaired) electrons. The van der Waals surface area contributed by atoms with Crippen LogP contribution in [0, 0.1) is 6.92 Å². The first kappa shape index (κ1) is 12.9. The van der Waals surface area contributed by atoms with Gasteiger partial charge in [-0.05, 0) is 31.4 Å². The molecule has 0 saturated heterocycles. The number of aryl methyl sites for hydroxylation is 1. The summed E-state index contributed by atoms with van der Waals surface area (Å²) in [7, 11) is 1.89.